The summed E-state index contributed by atoms with van der Waals surface area (Å²) in [6.45, 7) is 6.70. The van der Waals surface area contributed by atoms with Gasteiger partial charge >= 0.3 is 0 Å². The maximum absolute atomic E-state index is 14.9. The van der Waals surface area contributed by atoms with Gasteiger partial charge in [-0.05, 0) is 60.8 Å². The second-order valence-electron chi connectivity index (χ2n) is 8.84. The lowest BCUT2D eigenvalue weighted by atomic mass is 9.79. The molecule has 29 heavy (non-hydrogen) atoms. The minimum Gasteiger partial charge on any atom is -0.490 e. The van der Waals surface area contributed by atoms with Crippen LogP contribution in [-0.2, 0) is 6.42 Å². The molecular formula is C27H37FO. The highest BCUT2D eigenvalue weighted by Crippen LogP contribution is 2.35. The first kappa shape index (κ1) is 21.9. The lowest BCUT2D eigenvalue weighted by Crippen LogP contribution is -2.34. The van der Waals surface area contributed by atoms with Crippen LogP contribution in [0.25, 0.3) is 11.1 Å². The molecule has 0 N–H and O–H groups in total. The van der Waals surface area contributed by atoms with Crippen LogP contribution in [0.5, 0.6) is 5.75 Å². The molecule has 1 saturated carbocycles. The van der Waals surface area contributed by atoms with E-state index >= 15 is 0 Å². The fraction of sp³-hybridized carbons (Fsp3) is 0.556. The summed E-state index contributed by atoms with van der Waals surface area (Å²) in [7, 11) is 0. The average Bonchev–Trinajstić information content (AvgIpc) is 2.74. The largest absolute Gasteiger partial charge is 0.490 e. The van der Waals surface area contributed by atoms with Gasteiger partial charge < -0.3 is 4.74 Å². The van der Waals surface area contributed by atoms with Gasteiger partial charge in [-0.15, -0.1) is 0 Å². The third-order valence-electron chi connectivity index (χ3n) is 6.44. The average molecular weight is 397 g/mol. The Kier molecular flexibility index (Phi) is 8.15. The fourth-order valence-electron chi connectivity index (χ4n) is 4.86. The number of ether oxygens (including phenoxy) is 1. The standard InChI is InChI=1S/C27H37FO/c1-4-9-20(3)27(23-11-7-6-8-12-23)29-24-17-18-25(26(28)19-24)22-15-13-21(10-5-2)14-16-22/h13-20,23,27H,4-12H2,1-3H3. The van der Waals surface area contributed by atoms with Gasteiger partial charge in [0.1, 0.15) is 17.7 Å². The van der Waals surface area contributed by atoms with E-state index in [0.717, 1.165) is 31.2 Å². The summed E-state index contributed by atoms with van der Waals surface area (Å²) in [5, 5.41) is 0. The van der Waals surface area contributed by atoms with Crippen molar-refractivity contribution in [3.05, 3.63) is 53.8 Å². The molecule has 0 radical (unpaired) electrons. The molecule has 2 atom stereocenters. The first-order valence-electron chi connectivity index (χ1n) is 11.7. The predicted molar refractivity (Wildman–Crippen MR) is 121 cm³/mol. The van der Waals surface area contributed by atoms with Crippen molar-refractivity contribution < 1.29 is 9.13 Å². The number of hydrogen-bond donors (Lipinski definition) is 0. The topological polar surface area (TPSA) is 9.23 Å². The van der Waals surface area contributed by atoms with Crippen molar-refractivity contribution >= 4 is 0 Å². The van der Waals surface area contributed by atoms with Crippen LogP contribution in [0.2, 0.25) is 0 Å². The van der Waals surface area contributed by atoms with Crippen molar-refractivity contribution in [3.63, 3.8) is 0 Å². The van der Waals surface area contributed by atoms with E-state index in [1.165, 1.54) is 37.7 Å². The SMILES string of the molecule is CCCc1ccc(-c2ccc(OC(C(C)CCC)C3CCCCC3)cc2F)cc1. The quantitative estimate of drug-likeness (QED) is 0.415. The third-order valence-corrected chi connectivity index (χ3v) is 6.44. The molecule has 0 amide bonds. The molecule has 1 fully saturated rings. The smallest absolute Gasteiger partial charge is 0.134 e. The summed E-state index contributed by atoms with van der Waals surface area (Å²) in [5.74, 6) is 1.57. The van der Waals surface area contributed by atoms with Crippen LogP contribution in [0, 0.1) is 17.7 Å². The Labute approximate surface area is 176 Å². The van der Waals surface area contributed by atoms with Crippen molar-refractivity contribution in [1.82, 2.24) is 0 Å². The van der Waals surface area contributed by atoms with Crippen LogP contribution in [0.1, 0.15) is 77.7 Å². The summed E-state index contributed by atoms with van der Waals surface area (Å²) in [6.07, 6.45) is 11.1. The summed E-state index contributed by atoms with van der Waals surface area (Å²) in [4.78, 5) is 0. The molecule has 2 aromatic rings. The highest BCUT2D eigenvalue weighted by molar-refractivity contribution is 5.65. The lowest BCUT2D eigenvalue weighted by Gasteiger charge is -2.34. The first-order valence-corrected chi connectivity index (χ1v) is 11.7. The van der Waals surface area contributed by atoms with Crippen LogP contribution in [0.3, 0.4) is 0 Å². The number of hydrogen-bond acceptors (Lipinski definition) is 1. The molecule has 0 heterocycles. The number of aryl methyl sites for hydroxylation is 1. The van der Waals surface area contributed by atoms with Crippen LogP contribution in [0.15, 0.2) is 42.5 Å². The van der Waals surface area contributed by atoms with Gasteiger partial charge in [-0.25, -0.2) is 4.39 Å². The Hall–Kier alpha value is -1.83. The number of rotatable bonds is 9. The highest BCUT2D eigenvalue weighted by atomic mass is 19.1. The van der Waals surface area contributed by atoms with E-state index in [-0.39, 0.29) is 11.9 Å². The second kappa shape index (κ2) is 10.8. The van der Waals surface area contributed by atoms with Crippen molar-refractivity contribution in [2.24, 2.45) is 11.8 Å². The normalized spacial score (nSPS) is 17.1. The van der Waals surface area contributed by atoms with Crippen molar-refractivity contribution in [3.8, 4) is 16.9 Å². The van der Waals surface area contributed by atoms with Gasteiger partial charge in [0, 0.05) is 11.6 Å². The summed E-state index contributed by atoms with van der Waals surface area (Å²) < 4.78 is 21.4. The van der Waals surface area contributed by atoms with Gasteiger partial charge in [-0.2, -0.15) is 0 Å². The minimum atomic E-state index is -0.198. The van der Waals surface area contributed by atoms with E-state index in [2.05, 4.69) is 32.9 Å². The molecule has 2 unspecified atom stereocenters. The van der Waals surface area contributed by atoms with Crippen LogP contribution < -0.4 is 4.74 Å². The summed E-state index contributed by atoms with van der Waals surface area (Å²) >= 11 is 0. The molecule has 0 spiro atoms. The van der Waals surface area contributed by atoms with Crippen LogP contribution in [0.4, 0.5) is 4.39 Å². The zero-order valence-corrected chi connectivity index (χ0v) is 18.4. The molecule has 2 heteroatoms. The molecule has 0 bridgehead atoms. The maximum Gasteiger partial charge on any atom is 0.134 e. The zero-order valence-electron chi connectivity index (χ0n) is 18.4. The second-order valence-corrected chi connectivity index (χ2v) is 8.84. The first-order chi connectivity index (χ1) is 14.1. The van der Waals surface area contributed by atoms with Crippen LogP contribution in [-0.4, -0.2) is 6.10 Å². The Morgan fingerprint density at radius 1 is 0.966 bits per heavy atom. The van der Waals surface area contributed by atoms with E-state index in [4.69, 9.17) is 4.74 Å². The molecule has 3 rings (SSSR count). The Morgan fingerprint density at radius 3 is 2.31 bits per heavy atom. The van der Waals surface area contributed by atoms with Gasteiger partial charge in [0.05, 0.1) is 0 Å². The lowest BCUT2D eigenvalue weighted by molar-refractivity contribution is 0.0578. The molecule has 2 aromatic carbocycles. The van der Waals surface area contributed by atoms with Crippen LogP contribution >= 0.6 is 0 Å². The van der Waals surface area contributed by atoms with Gasteiger partial charge in [0.25, 0.3) is 0 Å². The van der Waals surface area contributed by atoms with E-state index in [0.29, 0.717) is 23.1 Å². The van der Waals surface area contributed by atoms with Gasteiger partial charge in [-0.3, -0.25) is 0 Å². The number of halogens is 1. The van der Waals surface area contributed by atoms with E-state index < -0.39 is 0 Å². The molecule has 0 aliphatic heterocycles. The highest BCUT2D eigenvalue weighted by Gasteiger charge is 2.29. The molecule has 0 saturated heterocycles. The Morgan fingerprint density at radius 2 is 1.69 bits per heavy atom. The monoisotopic (exact) mass is 396 g/mol. The van der Waals surface area contributed by atoms with Crippen molar-refractivity contribution in [1.29, 1.82) is 0 Å². The van der Waals surface area contributed by atoms with Gasteiger partial charge in [0.2, 0.25) is 0 Å². The predicted octanol–water partition coefficient (Wildman–Crippen LogP) is 8.21. The van der Waals surface area contributed by atoms with Crippen molar-refractivity contribution in [2.45, 2.75) is 84.7 Å². The van der Waals surface area contributed by atoms with Gasteiger partial charge in [-0.1, -0.05) is 77.1 Å². The molecular weight excluding hydrogens is 359 g/mol. The number of benzene rings is 2. The molecule has 1 nitrogen and oxygen atoms in total. The third kappa shape index (κ3) is 5.84. The maximum atomic E-state index is 14.9. The Bertz CT molecular complexity index is 746. The minimum absolute atomic E-state index is 0.189. The zero-order chi connectivity index (χ0) is 20.6. The summed E-state index contributed by atoms with van der Waals surface area (Å²) in [6, 6.07) is 13.7. The van der Waals surface area contributed by atoms with E-state index in [9.17, 15) is 4.39 Å². The molecule has 1 aliphatic carbocycles. The molecule has 0 aromatic heterocycles. The Balaban J connectivity index is 1.76. The molecule has 1 aliphatic rings. The van der Waals surface area contributed by atoms with Crippen molar-refractivity contribution in [2.75, 3.05) is 0 Å². The summed E-state index contributed by atoms with van der Waals surface area (Å²) in [5.41, 5.74) is 2.88. The van der Waals surface area contributed by atoms with E-state index in [1.807, 2.05) is 24.3 Å². The van der Waals surface area contributed by atoms with E-state index in [1.54, 1.807) is 6.07 Å². The molecule has 158 valence electrons. The van der Waals surface area contributed by atoms with Gasteiger partial charge in [0.15, 0.2) is 0 Å². The fourth-order valence-corrected chi connectivity index (χ4v) is 4.86.